The molecule has 0 bridgehead atoms. The topological polar surface area (TPSA) is 76.3 Å². The summed E-state index contributed by atoms with van der Waals surface area (Å²) < 4.78 is 3.11. The first kappa shape index (κ1) is 18.4. The zero-order valence-electron chi connectivity index (χ0n) is 15.6. The van der Waals surface area contributed by atoms with E-state index >= 15 is 0 Å². The van der Waals surface area contributed by atoms with Gasteiger partial charge in [-0.2, -0.15) is 0 Å². The van der Waals surface area contributed by atoms with E-state index in [9.17, 15) is 14.4 Å². The van der Waals surface area contributed by atoms with Crippen LogP contribution in [-0.2, 0) is 17.9 Å². The third-order valence-corrected chi connectivity index (χ3v) is 4.36. The van der Waals surface area contributed by atoms with Crippen molar-refractivity contribution in [3.8, 4) is 0 Å². The van der Waals surface area contributed by atoms with E-state index in [0.717, 1.165) is 11.0 Å². The summed E-state index contributed by atoms with van der Waals surface area (Å²) in [5.41, 5.74) is 2.44. The fraction of sp³-hybridized carbons (Fsp3) is 0.250. The summed E-state index contributed by atoms with van der Waals surface area (Å²) >= 11 is 0. The highest BCUT2D eigenvalue weighted by Crippen LogP contribution is 2.14. The molecule has 7 heteroatoms. The van der Waals surface area contributed by atoms with E-state index in [4.69, 9.17) is 0 Å². The van der Waals surface area contributed by atoms with E-state index in [2.05, 4.69) is 5.32 Å². The number of anilines is 1. The van der Waals surface area contributed by atoms with Crippen LogP contribution in [0.1, 0.15) is 17.3 Å². The molecule has 2 amide bonds. The maximum absolute atomic E-state index is 12.6. The molecule has 0 spiro atoms. The van der Waals surface area contributed by atoms with Gasteiger partial charge in [0.2, 0.25) is 5.91 Å². The second-order valence-corrected chi connectivity index (χ2v) is 6.43. The highest BCUT2D eigenvalue weighted by molar-refractivity contribution is 5.95. The summed E-state index contributed by atoms with van der Waals surface area (Å²) in [6.45, 7) is 2.36. The van der Waals surface area contributed by atoms with Gasteiger partial charge >= 0.3 is 5.69 Å². The molecule has 0 unspecified atom stereocenters. The van der Waals surface area contributed by atoms with Gasteiger partial charge in [0.05, 0.1) is 11.0 Å². The maximum Gasteiger partial charge on any atom is 0.329 e. The van der Waals surface area contributed by atoms with Crippen LogP contribution in [0.5, 0.6) is 0 Å². The number of rotatable bonds is 5. The molecule has 0 saturated heterocycles. The van der Waals surface area contributed by atoms with E-state index < -0.39 is 0 Å². The molecule has 3 rings (SSSR count). The number of benzene rings is 2. The predicted molar refractivity (Wildman–Crippen MR) is 105 cm³/mol. The maximum atomic E-state index is 12.6. The van der Waals surface area contributed by atoms with Crippen molar-refractivity contribution in [2.45, 2.75) is 20.0 Å². The van der Waals surface area contributed by atoms with Crippen LogP contribution in [-0.4, -0.2) is 39.9 Å². The number of amides is 2. The molecular formula is C20H22N4O3. The molecule has 0 atom stereocenters. The van der Waals surface area contributed by atoms with Crippen molar-refractivity contribution in [3.63, 3.8) is 0 Å². The molecule has 7 nitrogen and oxygen atoms in total. The fourth-order valence-corrected chi connectivity index (χ4v) is 3.03. The summed E-state index contributed by atoms with van der Waals surface area (Å²) in [4.78, 5) is 38.4. The lowest BCUT2D eigenvalue weighted by molar-refractivity contribution is -0.116. The Morgan fingerprint density at radius 3 is 2.11 bits per heavy atom. The number of carbonyl (C=O) groups excluding carboxylic acids is 2. The van der Waals surface area contributed by atoms with Crippen molar-refractivity contribution in [2.75, 3.05) is 19.4 Å². The lowest BCUT2D eigenvalue weighted by Crippen LogP contribution is -2.29. The summed E-state index contributed by atoms with van der Waals surface area (Å²) in [5, 5.41) is 2.77. The van der Waals surface area contributed by atoms with E-state index in [1.807, 2.05) is 31.2 Å². The molecule has 0 saturated carbocycles. The molecule has 0 aliphatic heterocycles. The van der Waals surface area contributed by atoms with E-state index in [1.165, 1.54) is 9.47 Å². The Morgan fingerprint density at radius 1 is 0.963 bits per heavy atom. The summed E-state index contributed by atoms with van der Waals surface area (Å²) in [7, 11) is 3.37. The van der Waals surface area contributed by atoms with Crippen LogP contribution in [0.2, 0.25) is 0 Å². The Morgan fingerprint density at radius 2 is 1.56 bits per heavy atom. The number of carbonyl (C=O) groups is 2. The first-order chi connectivity index (χ1) is 12.9. The second kappa shape index (κ2) is 7.49. The van der Waals surface area contributed by atoms with Crippen molar-refractivity contribution in [1.29, 1.82) is 0 Å². The standard InChI is InChI=1S/C20H22N4O3/c1-4-23-16-7-5-6-8-17(16)24(20(23)27)13-18(25)21-15-11-9-14(10-12-15)19(26)22(2)3/h5-12H,4,13H2,1-3H3,(H,21,25). The molecule has 2 aromatic carbocycles. The number of imidazole rings is 1. The van der Waals surface area contributed by atoms with Crippen LogP contribution < -0.4 is 11.0 Å². The average molecular weight is 366 g/mol. The zero-order valence-corrected chi connectivity index (χ0v) is 15.6. The summed E-state index contributed by atoms with van der Waals surface area (Å²) in [5.74, 6) is -0.408. The number of nitrogens with zero attached hydrogens (tertiary/aromatic N) is 3. The molecule has 1 heterocycles. The van der Waals surface area contributed by atoms with E-state index in [1.54, 1.807) is 42.9 Å². The van der Waals surface area contributed by atoms with Crippen LogP contribution in [0.4, 0.5) is 5.69 Å². The van der Waals surface area contributed by atoms with Crippen molar-refractivity contribution in [3.05, 3.63) is 64.6 Å². The number of hydrogen-bond acceptors (Lipinski definition) is 3. The predicted octanol–water partition coefficient (Wildman–Crippen LogP) is 2.16. The van der Waals surface area contributed by atoms with E-state index in [-0.39, 0.29) is 24.0 Å². The Hall–Kier alpha value is -3.35. The van der Waals surface area contributed by atoms with E-state index in [0.29, 0.717) is 17.8 Å². The van der Waals surface area contributed by atoms with Crippen molar-refractivity contribution in [1.82, 2.24) is 14.0 Å². The number of para-hydroxylation sites is 2. The zero-order chi connectivity index (χ0) is 19.6. The second-order valence-electron chi connectivity index (χ2n) is 6.43. The van der Waals surface area contributed by atoms with Gasteiger partial charge in [-0.3, -0.25) is 18.7 Å². The van der Waals surface area contributed by atoms with Gasteiger partial charge in [-0.05, 0) is 43.3 Å². The quantitative estimate of drug-likeness (QED) is 0.752. The molecule has 27 heavy (non-hydrogen) atoms. The van der Waals surface area contributed by atoms with Crippen LogP contribution >= 0.6 is 0 Å². The van der Waals surface area contributed by atoms with Crippen LogP contribution in [0.3, 0.4) is 0 Å². The average Bonchev–Trinajstić information content (AvgIpc) is 2.93. The van der Waals surface area contributed by atoms with Gasteiger partial charge in [-0.25, -0.2) is 4.79 Å². The first-order valence-corrected chi connectivity index (χ1v) is 8.72. The van der Waals surface area contributed by atoms with Crippen LogP contribution in [0.15, 0.2) is 53.3 Å². The lowest BCUT2D eigenvalue weighted by atomic mass is 10.2. The largest absolute Gasteiger partial charge is 0.345 e. The van der Waals surface area contributed by atoms with Crippen molar-refractivity contribution < 1.29 is 9.59 Å². The van der Waals surface area contributed by atoms with Gasteiger partial charge < -0.3 is 10.2 Å². The normalized spacial score (nSPS) is 10.8. The minimum absolute atomic E-state index is 0.0786. The van der Waals surface area contributed by atoms with Crippen LogP contribution in [0, 0.1) is 0 Å². The molecular weight excluding hydrogens is 344 g/mol. The minimum Gasteiger partial charge on any atom is -0.345 e. The number of hydrogen-bond donors (Lipinski definition) is 1. The molecule has 1 N–H and O–H groups in total. The number of aromatic nitrogens is 2. The highest BCUT2D eigenvalue weighted by Gasteiger charge is 2.15. The van der Waals surface area contributed by atoms with Gasteiger partial charge in [0, 0.05) is 31.9 Å². The third-order valence-electron chi connectivity index (χ3n) is 4.36. The first-order valence-electron chi connectivity index (χ1n) is 8.72. The van der Waals surface area contributed by atoms with Gasteiger partial charge in [-0.1, -0.05) is 12.1 Å². The number of nitrogens with one attached hydrogen (secondary N) is 1. The van der Waals surface area contributed by atoms with Gasteiger partial charge in [0.1, 0.15) is 6.54 Å². The Kier molecular flexibility index (Phi) is 5.12. The Bertz CT molecular complexity index is 1050. The molecule has 0 fully saturated rings. The molecule has 0 radical (unpaired) electrons. The smallest absolute Gasteiger partial charge is 0.329 e. The lowest BCUT2D eigenvalue weighted by Gasteiger charge is -2.11. The van der Waals surface area contributed by atoms with Crippen LogP contribution in [0.25, 0.3) is 11.0 Å². The van der Waals surface area contributed by atoms with Gasteiger partial charge in [0.15, 0.2) is 0 Å². The fourth-order valence-electron chi connectivity index (χ4n) is 3.03. The minimum atomic E-state index is -0.303. The Balaban J connectivity index is 1.79. The molecule has 3 aromatic rings. The third kappa shape index (κ3) is 3.62. The van der Waals surface area contributed by atoms with Crippen molar-refractivity contribution in [2.24, 2.45) is 0 Å². The molecule has 0 aliphatic carbocycles. The molecule has 140 valence electrons. The van der Waals surface area contributed by atoms with Gasteiger partial charge in [0.25, 0.3) is 5.91 Å². The highest BCUT2D eigenvalue weighted by atomic mass is 16.2. The number of fused-ring (bicyclic) bond motifs is 1. The van der Waals surface area contributed by atoms with Crippen molar-refractivity contribution >= 4 is 28.5 Å². The monoisotopic (exact) mass is 366 g/mol. The van der Waals surface area contributed by atoms with Gasteiger partial charge in [-0.15, -0.1) is 0 Å². The SMILES string of the molecule is CCn1c(=O)n(CC(=O)Nc2ccc(C(=O)N(C)C)cc2)c2ccccc21. The Labute approximate surface area is 156 Å². The summed E-state index contributed by atoms with van der Waals surface area (Å²) in [6, 6.07) is 14.1. The molecule has 1 aromatic heterocycles. The number of aryl methyl sites for hydroxylation is 1. The summed E-state index contributed by atoms with van der Waals surface area (Å²) in [6.07, 6.45) is 0. The molecule has 0 aliphatic rings.